The third-order valence-corrected chi connectivity index (χ3v) is 2.39. The van der Waals surface area contributed by atoms with Gasteiger partial charge >= 0.3 is 0 Å². The van der Waals surface area contributed by atoms with E-state index in [0.717, 1.165) is 5.70 Å². The van der Waals surface area contributed by atoms with E-state index in [1.165, 1.54) is 5.57 Å². The normalized spacial score (nSPS) is 26.4. The maximum Gasteiger partial charge on any atom is 0.0444 e. The minimum absolute atomic E-state index is 0.454. The van der Waals surface area contributed by atoms with Crippen LogP contribution in [0.3, 0.4) is 0 Å². The first-order chi connectivity index (χ1) is 6.16. The first-order valence-corrected chi connectivity index (χ1v) is 4.60. The fourth-order valence-electron chi connectivity index (χ4n) is 1.27. The Balaban J connectivity index is 2.91. The zero-order valence-electron chi connectivity index (χ0n) is 8.62. The Bertz CT molecular complexity index is 281. The van der Waals surface area contributed by atoms with Gasteiger partial charge in [0, 0.05) is 18.8 Å². The number of nitrogens with zero attached hydrogens (tertiary/aromatic N) is 1. The van der Waals surface area contributed by atoms with Gasteiger partial charge in [0.2, 0.25) is 0 Å². The maximum absolute atomic E-state index is 4.05. The smallest absolute Gasteiger partial charge is 0.0444 e. The molecule has 1 atom stereocenters. The van der Waals surface area contributed by atoms with Gasteiger partial charge in [-0.15, -0.1) is 0 Å². The highest BCUT2D eigenvalue weighted by atomic mass is 15.1. The van der Waals surface area contributed by atoms with Crippen LogP contribution in [0.25, 0.3) is 0 Å². The van der Waals surface area contributed by atoms with Crippen LogP contribution in [0.1, 0.15) is 13.8 Å². The van der Waals surface area contributed by atoms with Gasteiger partial charge in [-0.05, 0) is 19.4 Å². The van der Waals surface area contributed by atoms with Gasteiger partial charge in [0.1, 0.15) is 0 Å². The van der Waals surface area contributed by atoms with E-state index < -0.39 is 0 Å². The van der Waals surface area contributed by atoms with Gasteiger partial charge in [-0.1, -0.05) is 37.0 Å². The van der Waals surface area contributed by atoms with Gasteiger partial charge in [-0.25, -0.2) is 0 Å². The van der Waals surface area contributed by atoms with Gasteiger partial charge in [-0.2, -0.15) is 0 Å². The lowest BCUT2D eigenvalue weighted by Gasteiger charge is -2.31. The minimum Gasteiger partial charge on any atom is -0.368 e. The molecule has 1 unspecified atom stereocenters. The van der Waals surface area contributed by atoms with E-state index in [1.807, 2.05) is 19.1 Å². The van der Waals surface area contributed by atoms with Crippen LogP contribution < -0.4 is 0 Å². The third kappa shape index (κ3) is 2.11. The molecule has 0 amide bonds. The Morgan fingerprint density at radius 2 is 2.23 bits per heavy atom. The van der Waals surface area contributed by atoms with E-state index in [0.29, 0.717) is 6.04 Å². The van der Waals surface area contributed by atoms with Gasteiger partial charge in [0.15, 0.2) is 0 Å². The summed E-state index contributed by atoms with van der Waals surface area (Å²) in [4.78, 5) is 2.18. The van der Waals surface area contributed by atoms with Crippen LogP contribution >= 0.6 is 0 Å². The quantitative estimate of drug-likeness (QED) is 0.592. The second-order valence-corrected chi connectivity index (χ2v) is 3.31. The zero-order chi connectivity index (χ0) is 9.84. The molecule has 13 heavy (non-hydrogen) atoms. The second-order valence-electron chi connectivity index (χ2n) is 3.31. The van der Waals surface area contributed by atoms with Gasteiger partial charge < -0.3 is 4.90 Å². The standard InChI is InChI=1S/C12H17N/c1-5-6-7-12-9-8-10(2)13(4)11(12)3/h5-10H,3H2,1-2,4H3/b6-5-,12-7-. The fourth-order valence-corrected chi connectivity index (χ4v) is 1.27. The van der Waals surface area contributed by atoms with Crippen LogP contribution in [-0.2, 0) is 0 Å². The highest BCUT2D eigenvalue weighted by molar-refractivity contribution is 5.43. The summed E-state index contributed by atoms with van der Waals surface area (Å²) in [5.74, 6) is 0. The molecule has 0 N–H and O–H groups in total. The molecule has 1 rings (SSSR count). The molecule has 0 saturated carbocycles. The predicted molar refractivity (Wildman–Crippen MR) is 58.4 cm³/mol. The van der Waals surface area contributed by atoms with Crippen molar-refractivity contribution in [3.8, 4) is 0 Å². The molecule has 0 spiro atoms. The first kappa shape index (κ1) is 9.85. The van der Waals surface area contributed by atoms with Crippen LogP contribution in [0.2, 0.25) is 0 Å². The van der Waals surface area contributed by atoms with E-state index in [9.17, 15) is 0 Å². The lowest BCUT2D eigenvalue weighted by molar-refractivity contribution is 0.375. The minimum atomic E-state index is 0.454. The van der Waals surface area contributed by atoms with Gasteiger partial charge in [0.05, 0.1) is 0 Å². The molecule has 0 aliphatic carbocycles. The van der Waals surface area contributed by atoms with Crippen molar-refractivity contribution in [3.05, 3.63) is 48.2 Å². The van der Waals surface area contributed by atoms with E-state index >= 15 is 0 Å². The van der Waals surface area contributed by atoms with Crippen LogP contribution in [0, 0.1) is 0 Å². The van der Waals surface area contributed by atoms with E-state index in [2.05, 4.69) is 43.7 Å². The number of hydrogen-bond donors (Lipinski definition) is 0. The monoisotopic (exact) mass is 175 g/mol. The highest BCUT2D eigenvalue weighted by Gasteiger charge is 2.14. The molecule has 0 aromatic heterocycles. The Kier molecular flexibility index (Phi) is 3.13. The van der Waals surface area contributed by atoms with Crippen molar-refractivity contribution in [2.75, 3.05) is 7.05 Å². The summed E-state index contributed by atoms with van der Waals surface area (Å²) in [6.45, 7) is 8.23. The summed E-state index contributed by atoms with van der Waals surface area (Å²) in [5, 5.41) is 0. The summed E-state index contributed by atoms with van der Waals surface area (Å²) in [6.07, 6.45) is 10.5. The zero-order valence-corrected chi connectivity index (χ0v) is 8.62. The van der Waals surface area contributed by atoms with E-state index in [1.54, 1.807) is 0 Å². The average molecular weight is 175 g/mol. The summed E-state index contributed by atoms with van der Waals surface area (Å²) < 4.78 is 0. The summed E-state index contributed by atoms with van der Waals surface area (Å²) in [5.41, 5.74) is 2.28. The van der Waals surface area contributed by atoms with Crippen LogP contribution in [0.15, 0.2) is 48.2 Å². The molecular weight excluding hydrogens is 158 g/mol. The van der Waals surface area contributed by atoms with Gasteiger partial charge in [0.25, 0.3) is 0 Å². The third-order valence-electron chi connectivity index (χ3n) is 2.39. The molecule has 0 aromatic carbocycles. The molecule has 70 valence electrons. The average Bonchev–Trinajstić information content (AvgIpc) is 2.13. The van der Waals surface area contributed by atoms with E-state index in [-0.39, 0.29) is 0 Å². The Labute approximate surface area is 80.7 Å². The molecular formula is C12H17N. The van der Waals surface area contributed by atoms with Crippen molar-refractivity contribution in [2.45, 2.75) is 19.9 Å². The highest BCUT2D eigenvalue weighted by Crippen LogP contribution is 2.21. The molecule has 0 bridgehead atoms. The molecule has 1 aliphatic rings. The first-order valence-electron chi connectivity index (χ1n) is 4.60. The van der Waals surface area contributed by atoms with E-state index in [4.69, 9.17) is 0 Å². The summed E-state index contributed by atoms with van der Waals surface area (Å²) in [7, 11) is 2.07. The summed E-state index contributed by atoms with van der Waals surface area (Å²) in [6, 6.07) is 0.454. The number of hydrogen-bond acceptors (Lipinski definition) is 1. The molecule has 0 fully saturated rings. The number of likely N-dealkylation sites (N-methyl/N-ethyl adjacent to an activating group) is 1. The summed E-state index contributed by atoms with van der Waals surface area (Å²) >= 11 is 0. The van der Waals surface area contributed by atoms with Gasteiger partial charge in [-0.3, -0.25) is 0 Å². The van der Waals surface area contributed by atoms with Crippen molar-refractivity contribution in [2.24, 2.45) is 0 Å². The number of rotatable bonds is 1. The molecule has 1 heteroatoms. The molecule has 1 nitrogen and oxygen atoms in total. The fraction of sp³-hybridized carbons (Fsp3) is 0.333. The number of allylic oxidation sites excluding steroid dienone is 4. The predicted octanol–water partition coefficient (Wildman–Crippen LogP) is 2.89. The Morgan fingerprint density at radius 1 is 1.54 bits per heavy atom. The van der Waals surface area contributed by atoms with Crippen molar-refractivity contribution >= 4 is 0 Å². The Morgan fingerprint density at radius 3 is 2.85 bits per heavy atom. The second kappa shape index (κ2) is 4.13. The SMILES string of the molecule is C=C1/C(=C\C=C/C)C=CC(C)N1C. The maximum atomic E-state index is 4.05. The van der Waals surface area contributed by atoms with Crippen molar-refractivity contribution in [1.82, 2.24) is 4.90 Å². The van der Waals surface area contributed by atoms with Crippen molar-refractivity contribution < 1.29 is 0 Å². The van der Waals surface area contributed by atoms with Crippen molar-refractivity contribution in [3.63, 3.8) is 0 Å². The van der Waals surface area contributed by atoms with Crippen molar-refractivity contribution in [1.29, 1.82) is 0 Å². The molecule has 0 radical (unpaired) electrons. The lowest BCUT2D eigenvalue weighted by atomic mass is 10.0. The lowest BCUT2D eigenvalue weighted by Crippen LogP contribution is -2.29. The molecule has 1 heterocycles. The molecule has 1 aliphatic heterocycles. The largest absolute Gasteiger partial charge is 0.368 e. The Hall–Kier alpha value is -1.24. The molecule has 0 saturated heterocycles. The van der Waals surface area contributed by atoms with Crippen LogP contribution in [-0.4, -0.2) is 18.0 Å². The topological polar surface area (TPSA) is 3.24 Å². The van der Waals surface area contributed by atoms with Crippen LogP contribution in [0.5, 0.6) is 0 Å². The van der Waals surface area contributed by atoms with Crippen LogP contribution in [0.4, 0.5) is 0 Å². The molecule has 0 aromatic rings.